The van der Waals surface area contributed by atoms with E-state index in [0.717, 1.165) is 43.4 Å². The molecule has 204 valence electrons. The van der Waals surface area contributed by atoms with Crippen LogP contribution in [0.1, 0.15) is 56.3 Å². The summed E-state index contributed by atoms with van der Waals surface area (Å²) in [6.07, 6.45) is 9.61. The molecule has 1 atom stereocenters. The molecule has 1 N–H and O–H groups in total. The minimum atomic E-state index is -0.297. The Hall–Kier alpha value is -3.66. The van der Waals surface area contributed by atoms with Gasteiger partial charge in [0.25, 0.3) is 11.5 Å². The van der Waals surface area contributed by atoms with Gasteiger partial charge < -0.3 is 4.98 Å². The monoisotopic (exact) mass is 546 g/mol. The fraction of sp³-hybridized carbons (Fsp3) is 0.414. The molecule has 1 aliphatic rings. The van der Waals surface area contributed by atoms with Crippen molar-refractivity contribution in [2.75, 3.05) is 17.2 Å². The molecule has 1 saturated heterocycles. The molecule has 0 saturated carbocycles. The number of rotatable bonds is 10. The number of carbonyl (C=O) groups excluding carboxylic acids is 1. The fourth-order valence-corrected chi connectivity index (χ4v) is 6.28. The lowest BCUT2D eigenvalue weighted by Crippen LogP contribution is -2.40. The molecule has 0 bridgehead atoms. The normalized spacial score (nSPS) is 15.2. The van der Waals surface area contributed by atoms with E-state index in [1.54, 1.807) is 40.2 Å². The van der Waals surface area contributed by atoms with E-state index >= 15 is 0 Å². The third kappa shape index (κ3) is 5.56. The third-order valence-electron chi connectivity index (χ3n) is 7.09. The summed E-state index contributed by atoms with van der Waals surface area (Å²) in [5.74, 6) is 1.55. The van der Waals surface area contributed by atoms with E-state index in [0.29, 0.717) is 53.0 Å². The Morgan fingerprint density at radius 3 is 2.67 bits per heavy atom. The van der Waals surface area contributed by atoms with Crippen molar-refractivity contribution in [3.63, 3.8) is 0 Å². The van der Waals surface area contributed by atoms with Gasteiger partial charge in [-0.3, -0.25) is 28.6 Å². The largest absolute Gasteiger partial charge is 0.349 e. The molecule has 1 amide bonds. The number of aromatic nitrogens is 5. The maximum absolute atomic E-state index is 13.4. The van der Waals surface area contributed by atoms with Crippen LogP contribution in [0.3, 0.4) is 0 Å². The maximum atomic E-state index is 13.4. The van der Waals surface area contributed by atoms with Crippen molar-refractivity contribution in [3.8, 4) is 11.3 Å². The predicted octanol–water partition coefficient (Wildman–Crippen LogP) is 4.70. The molecule has 10 heteroatoms. The fourth-order valence-electron chi connectivity index (χ4n) is 5.02. The number of fused-ring (bicyclic) bond motifs is 1. The molecule has 0 radical (unpaired) electrons. The SMILES string of the molecule is CCCCn1c(=O)c2[nH]c(-c3ccc(N(CC4CCCS4)C(=O)c4cccnc4)nc3)cc2n(CCC)c1=O. The number of nitrogens with one attached hydrogen (secondary N) is 1. The van der Waals surface area contributed by atoms with Gasteiger partial charge in [-0.15, -0.1) is 0 Å². The molecule has 0 aromatic carbocycles. The van der Waals surface area contributed by atoms with E-state index in [1.165, 1.54) is 4.57 Å². The first-order valence-corrected chi connectivity index (χ1v) is 14.7. The van der Waals surface area contributed by atoms with Crippen LogP contribution in [0.5, 0.6) is 0 Å². The zero-order valence-electron chi connectivity index (χ0n) is 22.4. The molecule has 5 heterocycles. The smallest absolute Gasteiger partial charge is 0.331 e. The van der Waals surface area contributed by atoms with Gasteiger partial charge in [0.1, 0.15) is 11.3 Å². The van der Waals surface area contributed by atoms with Gasteiger partial charge in [-0.05, 0) is 61.8 Å². The molecule has 1 unspecified atom stereocenters. The number of hydrogen-bond donors (Lipinski definition) is 1. The minimum Gasteiger partial charge on any atom is -0.349 e. The van der Waals surface area contributed by atoms with Gasteiger partial charge >= 0.3 is 5.69 Å². The van der Waals surface area contributed by atoms with Gasteiger partial charge in [-0.1, -0.05) is 20.3 Å². The van der Waals surface area contributed by atoms with Crippen molar-refractivity contribution in [1.82, 2.24) is 24.1 Å². The zero-order chi connectivity index (χ0) is 27.4. The van der Waals surface area contributed by atoms with Gasteiger partial charge in [0.05, 0.1) is 11.1 Å². The number of thioether (sulfide) groups is 1. The van der Waals surface area contributed by atoms with E-state index in [1.807, 2.05) is 43.8 Å². The first-order valence-electron chi connectivity index (χ1n) is 13.7. The third-order valence-corrected chi connectivity index (χ3v) is 8.47. The van der Waals surface area contributed by atoms with Crippen LogP contribution in [-0.2, 0) is 13.1 Å². The number of H-pyrrole nitrogens is 1. The molecule has 5 rings (SSSR count). The van der Waals surface area contributed by atoms with E-state index in [9.17, 15) is 14.4 Å². The van der Waals surface area contributed by atoms with Crippen molar-refractivity contribution < 1.29 is 4.79 Å². The molecule has 4 aromatic rings. The topological polar surface area (TPSA) is 106 Å². The van der Waals surface area contributed by atoms with Gasteiger partial charge in [0.2, 0.25) is 0 Å². The number of hydrogen-bond acceptors (Lipinski definition) is 6. The highest BCUT2D eigenvalue weighted by Crippen LogP contribution is 2.30. The number of amides is 1. The summed E-state index contributed by atoms with van der Waals surface area (Å²) in [5, 5.41) is 0.367. The van der Waals surface area contributed by atoms with Crippen molar-refractivity contribution in [3.05, 3.63) is 75.3 Å². The van der Waals surface area contributed by atoms with E-state index < -0.39 is 0 Å². The summed E-state index contributed by atoms with van der Waals surface area (Å²) in [6, 6.07) is 9.12. The number of aromatic amines is 1. The Morgan fingerprint density at radius 1 is 1.13 bits per heavy atom. The lowest BCUT2D eigenvalue weighted by molar-refractivity contribution is 0.0985. The number of nitrogens with zero attached hydrogens (tertiary/aromatic N) is 5. The van der Waals surface area contributed by atoms with Gasteiger partial charge in [0.15, 0.2) is 0 Å². The van der Waals surface area contributed by atoms with Crippen molar-refractivity contribution in [1.29, 1.82) is 0 Å². The summed E-state index contributed by atoms with van der Waals surface area (Å²) in [5.41, 5.74) is 2.46. The Kier molecular flexibility index (Phi) is 8.30. The summed E-state index contributed by atoms with van der Waals surface area (Å²) < 4.78 is 3.02. The lowest BCUT2D eigenvalue weighted by atomic mass is 10.2. The molecule has 0 spiro atoms. The average Bonchev–Trinajstić information content (AvgIpc) is 3.65. The van der Waals surface area contributed by atoms with Gasteiger partial charge in [-0.25, -0.2) is 9.78 Å². The average molecular weight is 547 g/mol. The summed E-state index contributed by atoms with van der Waals surface area (Å²) >= 11 is 1.89. The second-order valence-corrected chi connectivity index (χ2v) is 11.3. The molecule has 1 fully saturated rings. The van der Waals surface area contributed by atoms with E-state index in [4.69, 9.17) is 0 Å². The first kappa shape index (κ1) is 26.9. The Labute approximate surface area is 231 Å². The summed E-state index contributed by atoms with van der Waals surface area (Å²) in [7, 11) is 0. The molecule has 9 nitrogen and oxygen atoms in total. The van der Waals surface area contributed by atoms with Crippen LogP contribution < -0.4 is 16.1 Å². The standard InChI is InChI=1S/C29H34N6O3S/c1-3-5-14-34-28(37)26-24(33(13-4-2)29(34)38)16-23(32-26)20-10-11-25(31-18-20)35(19-22-9-7-15-39-22)27(36)21-8-6-12-30-17-21/h6,8,10-12,16-18,22,32H,3-5,7,9,13-15,19H2,1-2H3. The highest BCUT2D eigenvalue weighted by Gasteiger charge is 2.26. The van der Waals surface area contributed by atoms with Crippen molar-refractivity contribution in [2.24, 2.45) is 0 Å². The molecule has 0 aliphatic carbocycles. The summed E-state index contributed by atoms with van der Waals surface area (Å²) in [6.45, 7) is 5.56. The second-order valence-electron chi connectivity index (χ2n) is 9.89. The molecular weight excluding hydrogens is 512 g/mol. The van der Waals surface area contributed by atoms with Crippen LogP contribution in [0.2, 0.25) is 0 Å². The number of unbranched alkanes of at least 4 members (excludes halogenated alkanes) is 1. The quantitative estimate of drug-likeness (QED) is 0.309. The van der Waals surface area contributed by atoms with E-state index in [-0.39, 0.29) is 17.2 Å². The van der Waals surface area contributed by atoms with Crippen LogP contribution in [0.15, 0.2) is 58.5 Å². The van der Waals surface area contributed by atoms with Crippen LogP contribution >= 0.6 is 11.8 Å². The Balaban J connectivity index is 1.51. The van der Waals surface area contributed by atoms with Crippen LogP contribution in [-0.4, -0.2) is 47.5 Å². The highest BCUT2D eigenvalue weighted by atomic mass is 32.2. The van der Waals surface area contributed by atoms with Crippen molar-refractivity contribution in [2.45, 2.75) is 64.3 Å². The van der Waals surface area contributed by atoms with Crippen LogP contribution in [0.25, 0.3) is 22.3 Å². The van der Waals surface area contributed by atoms with E-state index in [2.05, 4.69) is 15.0 Å². The summed E-state index contributed by atoms with van der Waals surface area (Å²) in [4.78, 5) is 53.6. The second kappa shape index (κ2) is 12.0. The minimum absolute atomic E-state index is 0.127. The Morgan fingerprint density at radius 2 is 2.00 bits per heavy atom. The number of aryl methyl sites for hydroxylation is 1. The van der Waals surface area contributed by atoms with Crippen molar-refractivity contribution >= 4 is 34.5 Å². The number of anilines is 1. The van der Waals surface area contributed by atoms with Gasteiger partial charge in [0, 0.05) is 54.7 Å². The zero-order valence-corrected chi connectivity index (χ0v) is 23.2. The number of pyridine rings is 2. The predicted molar refractivity (Wildman–Crippen MR) is 157 cm³/mol. The molecular formula is C29H34N6O3S. The first-order chi connectivity index (χ1) is 19.0. The lowest BCUT2D eigenvalue weighted by Gasteiger charge is -2.24. The maximum Gasteiger partial charge on any atom is 0.331 e. The molecule has 4 aromatic heterocycles. The number of carbonyl (C=O) groups is 1. The Bertz CT molecular complexity index is 1550. The van der Waals surface area contributed by atoms with Crippen LogP contribution in [0.4, 0.5) is 5.82 Å². The highest BCUT2D eigenvalue weighted by molar-refractivity contribution is 8.00. The van der Waals surface area contributed by atoms with Gasteiger partial charge in [-0.2, -0.15) is 11.8 Å². The molecule has 39 heavy (non-hydrogen) atoms. The van der Waals surface area contributed by atoms with Crippen LogP contribution in [0, 0.1) is 0 Å². The molecule has 1 aliphatic heterocycles.